The number of rotatable bonds is 3. The molecule has 2 heterocycles. The second-order valence-corrected chi connectivity index (χ2v) is 6.55. The van der Waals surface area contributed by atoms with Crippen molar-refractivity contribution in [3.05, 3.63) is 46.7 Å². The number of piperidine rings is 1. The largest absolute Gasteiger partial charge is 0.349 e. The van der Waals surface area contributed by atoms with Crippen LogP contribution >= 0.6 is 15.9 Å². The summed E-state index contributed by atoms with van der Waals surface area (Å²) in [6.45, 7) is 2.04. The topological polar surface area (TPSA) is 59.0 Å². The molecule has 1 amide bonds. The molecule has 6 heteroatoms. The lowest BCUT2D eigenvalue weighted by molar-refractivity contribution is 0.0946. The molecule has 2 aliphatic rings. The lowest BCUT2D eigenvalue weighted by Crippen LogP contribution is -2.32. The van der Waals surface area contributed by atoms with Gasteiger partial charge in [-0.15, -0.1) is 0 Å². The molecule has 1 aliphatic heterocycles. The molecule has 3 atom stereocenters. The Kier molecular flexibility index (Phi) is 3.08. The van der Waals surface area contributed by atoms with Gasteiger partial charge >= 0.3 is 0 Å². The number of amides is 1. The fourth-order valence-corrected chi connectivity index (χ4v) is 3.31. The summed E-state index contributed by atoms with van der Waals surface area (Å²) in [5.74, 6) is 1.21. The summed E-state index contributed by atoms with van der Waals surface area (Å²) in [6.07, 6.45) is 3.39. The van der Waals surface area contributed by atoms with E-state index in [4.69, 9.17) is 0 Å². The number of hydrogen-bond donors (Lipinski definition) is 2. The Bertz CT molecular complexity index is 671. The van der Waals surface area contributed by atoms with Crippen molar-refractivity contribution in [1.29, 1.82) is 0 Å². The highest BCUT2D eigenvalue weighted by Crippen LogP contribution is 2.41. The molecule has 4 rings (SSSR count). The molecular formula is C15H15BrN4O. The van der Waals surface area contributed by atoms with Crippen molar-refractivity contribution in [3.8, 4) is 5.69 Å². The molecule has 1 unspecified atom stereocenters. The van der Waals surface area contributed by atoms with Crippen molar-refractivity contribution in [2.45, 2.75) is 6.04 Å². The van der Waals surface area contributed by atoms with Crippen molar-refractivity contribution < 1.29 is 4.79 Å². The fraction of sp³-hybridized carbons (Fsp3) is 0.333. The summed E-state index contributed by atoms with van der Waals surface area (Å²) in [5, 5.41) is 10.7. The van der Waals surface area contributed by atoms with Crippen LogP contribution in [0.3, 0.4) is 0 Å². The van der Waals surface area contributed by atoms with Gasteiger partial charge in [0.2, 0.25) is 0 Å². The number of carbonyl (C=O) groups is 1. The van der Waals surface area contributed by atoms with Crippen LogP contribution in [0.25, 0.3) is 5.69 Å². The Morgan fingerprint density at radius 2 is 2.00 bits per heavy atom. The average Bonchev–Trinajstić information content (AvgIpc) is 2.95. The van der Waals surface area contributed by atoms with E-state index in [0.717, 1.165) is 23.2 Å². The van der Waals surface area contributed by atoms with Gasteiger partial charge in [0.05, 0.1) is 17.4 Å². The van der Waals surface area contributed by atoms with Crippen LogP contribution in [0.15, 0.2) is 41.1 Å². The second kappa shape index (κ2) is 4.96. The van der Waals surface area contributed by atoms with Crippen molar-refractivity contribution in [2.75, 3.05) is 13.1 Å². The molecule has 1 aromatic carbocycles. The zero-order valence-electron chi connectivity index (χ0n) is 11.3. The van der Waals surface area contributed by atoms with Crippen LogP contribution in [0.1, 0.15) is 10.4 Å². The minimum atomic E-state index is -0.0299. The van der Waals surface area contributed by atoms with Gasteiger partial charge in [-0.3, -0.25) is 4.79 Å². The molecule has 1 aromatic heterocycles. The van der Waals surface area contributed by atoms with Crippen molar-refractivity contribution in [1.82, 2.24) is 20.4 Å². The van der Waals surface area contributed by atoms with Gasteiger partial charge in [0.1, 0.15) is 0 Å². The third kappa shape index (κ3) is 2.38. The molecule has 0 radical (unpaired) electrons. The maximum atomic E-state index is 12.2. The monoisotopic (exact) mass is 346 g/mol. The van der Waals surface area contributed by atoms with Crippen molar-refractivity contribution >= 4 is 21.8 Å². The first kappa shape index (κ1) is 13.0. The molecule has 1 aliphatic carbocycles. The van der Waals surface area contributed by atoms with E-state index in [-0.39, 0.29) is 5.91 Å². The Morgan fingerprint density at radius 3 is 2.71 bits per heavy atom. The highest BCUT2D eigenvalue weighted by Gasteiger charge is 2.53. The SMILES string of the molecule is O=C(NC1[C@H]2CNC[C@@H]12)c1cnn(-c2ccc(Br)cc2)c1. The third-order valence-electron chi connectivity index (χ3n) is 4.33. The van der Waals surface area contributed by atoms with E-state index in [2.05, 4.69) is 31.7 Å². The molecule has 0 bridgehead atoms. The molecule has 5 nitrogen and oxygen atoms in total. The van der Waals surface area contributed by atoms with E-state index < -0.39 is 0 Å². The van der Waals surface area contributed by atoms with Crippen LogP contribution < -0.4 is 10.6 Å². The van der Waals surface area contributed by atoms with Gasteiger partial charge in [0.25, 0.3) is 5.91 Å². The molecule has 1 saturated carbocycles. The molecule has 2 aromatic rings. The number of nitrogens with one attached hydrogen (secondary N) is 2. The van der Waals surface area contributed by atoms with Gasteiger partial charge in [0.15, 0.2) is 0 Å². The predicted octanol–water partition coefficient (Wildman–Crippen LogP) is 1.58. The van der Waals surface area contributed by atoms with Crippen LogP contribution in [0.2, 0.25) is 0 Å². The maximum Gasteiger partial charge on any atom is 0.254 e. The Balaban J connectivity index is 1.46. The number of fused-ring (bicyclic) bond motifs is 1. The Hall–Kier alpha value is -1.66. The normalized spacial score (nSPS) is 26.4. The molecule has 21 heavy (non-hydrogen) atoms. The van der Waals surface area contributed by atoms with E-state index in [0.29, 0.717) is 23.4 Å². The lowest BCUT2D eigenvalue weighted by Gasteiger charge is -2.06. The van der Waals surface area contributed by atoms with E-state index >= 15 is 0 Å². The summed E-state index contributed by atoms with van der Waals surface area (Å²) >= 11 is 3.41. The van der Waals surface area contributed by atoms with E-state index in [1.165, 1.54) is 0 Å². The highest BCUT2D eigenvalue weighted by molar-refractivity contribution is 9.10. The number of nitrogens with zero attached hydrogens (tertiary/aromatic N) is 2. The van der Waals surface area contributed by atoms with E-state index in [1.54, 1.807) is 17.1 Å². The average molecular weight is 347 g/mol. The van der Waals surface area contributed by atoms with E-state index in [9.17, 15) is 4.79 Å². The number of hydrogen-bond acceptors (Lipinski definition) is 3. The van der Waals surface area contributed by atoms with Crippen LogP contribution in [0.5, 0.6) is 0 Å². The molecule has 108 valence electrons. The fourth-order valence-electron chi connectivity index (χ4n) is 3.04. The zero-order valence-corrected chi connectivity index (χ0v) is 12.9. The molecular weight excluding hydrogens is 332 g/mol. The molecule has 0 spiro atoms. The third-order valence-corrected chi connectivity index (χ3v) is 4.85. The number of carbonyl (C=O) groups excluding carboxylic acids is 1. The first-order valence-electron chi connectivity index (χ1n) is 7.04. The lowest BCUT2D eigenvalue weighted by atomic mass is 10.3. The first-order chi connectivity index (χ1) is 10.2. The second-order valence-electron chi connectivity index (χ2n) is 5.64. The van der Waals surface area contributed by atoms with Crippen molar-refractivity contribution in [2.24, 2.45) is 11.8 Å². The van der Waals surface area contributed by atoms with Gasteiger partial charge in [-0.25, -0.2) is 4.68 Å². The van der Waals surface area contributed by atoms with Crippen LogP contribution in [-0.2, 0) is 0 Å². The maximum absolute atomic E-state index is 12.2. The van der Waals surface area contributed by atoms with Crippen molar-refractivity contribution in [3.63, 3.8) is 0 Å². The number of halogens is 1. The van der Waals surface area contributed by atoms with Gasteiger partial charge in [-0.05, 0) is 36.1 Å². The summed E-state index contributed by atoms with van der Waals surface area (Å²) in [5.41, 5.74) is 1.54. The summed E-state index contributed by atoms with van der Waals surface area (Å²) in [7, 11) is 0. The summed E-state index contributed by atoms with van der Waals surface area (Å²) < 4.78 is 2.74. The predicted molar refractivity (Wildman–Crippen MR) is 82.4 cm³/mol. The molecule has 1 saturated heterocycles. The molecule has 2 fully saturated rings. The van der Waals surface area contributed by atoms with Crippen LogP contribution in [-0.4, -0.2) is 34.8 Å². The van der Waals surface area contributed by atoms with Crippen LogP contribution in [0, 0.1) is 11.8 Å². The number of benzene rings is 1. The van der Waals surface area contributed by atoms with Gasteiger partial charge < -0.3 is 10.6 Å². The minimum absolute atomic E-state index is 0.0299. The Labute approximate surface area is 130 Å². The summed E-state index contributed by atoms with van der Waals surface area (Å²) in [4.78, 5) is 12.2. The summed E-state index contributed by atoms with van der Waals surface area (Å²) in [6, 6.07) is 8.16. The highest BCUT2D eigenvalue weighted by atomic mass is 79.9. The minimum Gasteiger partial charge on any atom is -0.349 e. The van der Waals surface area contributed by atoms with E-state index in [1.807, 2.05) is 24.3 Å². The van der Waals surface area contributed by atoms with Gasteiger partial charge in [0, 0.05) is 29.8 Å². The molecule has 2 N–H and O–H groups in total. The standard InChI is InChI=1S/C15H15BrN4O/c16-10-1-3-11(4-2-10)20-8-9(5-18-20)15(21)19-14-12-6-17-7-13(12)14/h1-5,8,12-14,17H,6-7H2,(H,19,21)/t12-,13+,14?. The smallest absolute Gasteiger partial charge is 0.254 e. The van der Waals surface area contributed by atoms with Gasteiger partial charge in [-0.1, -0.05) is 15.9 Å². The van der Waals surface area contributed by atoms with Gasteiger partial charge in [-0.2, -0.15) is 5.10 Å². The Morgan fingerprint density at radius 1 is 1.29 bits per heavy atom. The van der Waals surface area contributed by atoms with Crippen LogP contribution in [0.4, 0.5) is 0 Å². The number of aromatic nitrogens is 2. The first-order valence-corrected chi connectivity index (χ1v) is 7.84. The zero-order chi connectivity index (χ0) is 14.4. The quantitative estimate of drug-likeness (QED) is 0.887.